The van der Waals surface area contributed by atoms with Crippen molar-refractivity contribution in [2.24, 2.45) is 4.99 Å². The van der Waals surface area contributed by atoms with Crippen molar-refractivity contribution < 1.29 is 27.8 Å². The van der Waals surface area contributed by atoms with Gasteiger partial charge in [-0.1, -0.05) is 32.3 Å². The third-order valence-corrected chi connectivity index (χ3v) is 4.72. The van der Waals surface area contributed by atoms with E-state index in [-0.39, 0.29) is 25.6 Å². The zero-order chi connectivity index (χ0) is 19.9. The van der Waals surface area contributed by atoms with Crippen molar-refractivity contribution in [1.29, 1.82) is 0 Å². The molecule has 1 aromatic rings. The van der Waals surface area contributed by atoms with Gasteiger partial charge in [-0.3, -0.25) is 0 Å². The first-order chi connectivity index (χ1) is 12.8. The van der Waals surface area contributed by atoms with Gasteiger partial charge in [-0.25, -0.2) is 4.99 Å². The fourth-order valence-electron chi connectivity index (χ4n) is 3.09. The smallest absolute Gasteiger partial charge is 0.419 e. The van der Waals surface area contributed by atoms with Gasteiger partial charge >= 0.3 is 6.18 Å². The number of aliphatic hydroxyl groups is 1. The second-order valence-electron chi connectivity index (χ2n) is 7.04. The van der Waals surface area contributed by atoms with Crippen LogP contribution in [0.5, 0.6) is 5.75 Å². The quantitative estimate of drug-likeness (QED) is 0.588. The highest BCUT2D eigenvalue weighted by Crippen LogP contribution is 2.37. The van der Waals surface area contributed by atoms with Gasteiger partial charge in [0.1, 0.15) is 17.9 Å². The van der Waals surface area contributed by atoms with Crippen LogP contribution < -0.4 is 4.74 Å². The number of hydrogen-bond donors (Lipinski definition) is 1. The molecule has 1 aromatic carbocycles. The number of aliphatic imine (C=N–C) groups is 1. The average molecular weight is 387 g/mol. The summed E-state index contributed by atoms with van der Waals surface area (Å²) in [6, 6.07) is 4.18. The second kappa shape index (κ2) is 9.44. The molecule has 0 bridgehead atoms. The van der Waals surface area contributed by atoms with Gasteiger partial charge in [0.15, 0.2) is 5.90 Å². The molecule has 0 aromatic heterocycles. The number of unbranched alkanes of at least 4 members (excludes halogenated alkanes) is 3. The molecule has 0 saturated carbocycles. The lowest BCUT2D eigenvalue weighted by atomic mass is 9.93. The van der Waals surface area contributed by atoms with Crippen LogP contribution in [0.4, 0.5) is 13.2 Å². The molecule has 152 valence electrons. The molecule has 1 heterocycles. The van der Waals surface area contributed by atoms with Crippen molar-refractivity contribution in [1.82, 2.24) is 0 Å². The minimum Gasteiger partial charge on any atom is -0.493 e. The topological polar surface area (TPSA) is 51.0 Å². The van der Waals surface area contributed by atoms with E-state index in [0.29, 0.717) is 24.3 Å². The molecule has 1 N–H and O–H groups in total. The fourth-order valence-corrected chi connectivity index (χ4v) is 3.09. The van der Waals surface area contributed by atoms with E-state index in [0.717, 1.165) is 31.7 Å². The third kappa shape index (κ3) is 6.13. The Hall–Kier alpha value is -1.76. The maximum absolute atomic E-state index is 13.4. The minimum absolute atomic E-state index is 0.127. The van der Waals surface area contributed by atoms with Gasteiger partial charge in [-0.15, -0.1) is 0 Å². The number of rotatable bonds is 10. The Balaban J connectivity index is 2.06. The summed E-state index contributed by atoms with van der Waals surface area (Å²) in [4.78, 5) is 4.30. The number of benzene rings is 1. The summed E-state index contributed by atoms with van der Waals surface area (Å²) in [5.41, 5.74) is -0.985. The van der Waals surface area contributed by atoms with E-state index in [9.17, 15) is 18.3 Å². The first kappa shape index (κ1) is 21.5. The summed E-state index contributed by atoms with van der Waals surface area (Å²) in [6.45, 7) is 4.11. The number of aliphatic hydroxyl groups excluding tert-OH is 1. The van der Waals surface area contributed by atoms with Crippen LogP contribution in [0.15, 0.2) is 23.2 Å². The Kier molecular flexibility index (Phi) is 7.53. The summed E-state index contributed by atoms with van der Waals surface area (Å²) in [7, 11) is 0. The van der Waals surface area contributed by atoms with Crippen LogP contribution in [0.1, 0.15) is 57.1 Å². The highest BCUT2D eigenvalue weighted by Gasteiger charge is 2.36. The molecule has 0 fully saturated rings. The Labute approximate surface area is 158 Å². The molecule has 0 spiro atoms. The Bertz CT molecular complexity index is 646. The molecule has 0 saturated heterocycles. The van der Waals surface area contributed by atoms with Gasteiger partial charge < -0.3 is 14.6 Å². The van der Waals surface area contributed by atoms with Gasteiger partial charge in [-0.05, 0) is 37.0 Å². The highest BCUT2D eigenvalue weighted by atomic mass is 19.4. The van der Waals surface area contributed by atoms with E-state index in [2.05, 4.69) is 11.9 Å². The number of aryl methyl sites for hydroxylation is 1. The van der Waals surface area contributed by atoms with Crippen molar-refractivity contribution in [3.05, 3.63) is 29.3 Å². The van der Waals surface area contributed by atoms with Crippen molar-refractivity contribution in [2.75, 3.05) is 19.8 Å². The van der Waals surface area contributed by atoms with Crippen LogP contribution in [0.3, 0.4) is 0 Å². The van der Waals surface area contributed by atoms with Crippen LogP contribution in [0.2, 0.25) is 0 Å². The van der Waals surface area contributed by atoms with E-state index in [4.69, 9.17) is 9.47 Å². The van der Waals surface area contributed by atoms with E-state index in [1.165, 1.54) is 6.07 Å². The predicted molar refractivity (Wildman–Crippen MR) is 98.3 cm³/mol. The molecule has 0 aliphatic carbocycles. The molecule has 27 heavy (non-hydrogen) atoms. The molecule has 0 amide bonds. The zero-order valence-corrected chi connectivity index (χ0v) is 15.9. The summed E-state index contributed by atoms with van der Waals surface area (Å²) < 4.78 is 51.0. The standard InChI is InChI=1S/C20H28F3NO3/c1-3-4-5-6-11-26-18-8-7-16(12-17(18)20(21,22)23)9-10-19(13-25)14-27-15(2)24-19/h7-8,12,25H,3-6,9-11,13-14H2,1-2H3. The number of hydrogen-bond acceptors (Lipinski definition) is 4. The van der Waals surface area contributed by atoms with E-state index >= 15 is 0 Å². The molecule has 4 nitrogen and oxygen atoms in total. The molecule has 0 radical (unpaired) electrons. The van der Waals surface area contributed by atoms with Gasteiger partial charge in [0.2, 0.25) is 0 Å². The second-order valence-corrected chi connectivity index (χ2v) is 7.04. The number of nitrogens with zero attached hydrogens (tertiary/aromatic N) is 1. The number of ether oxygens (including phenoxy) is 2. The molecule has 7 heteroatoms. The van der Waals surface area contributed by atoms with Crippen LogP contribution in [-0.2, 0) is 17.3 Å². The zero-order valence-electron chi connectivity index (χ0n) is 15.9. The first-order valence-electron chi connectivity index (χ1n) is 9.43. The third-order valence-electron chi connectivity index (χ3n) is 4.72. The van der Waals surface area contributed by atoms with Gasteiger partial charge in [0.05, 0.1) is 18.8 Å². The van der Waals surface area contributed by atoms with Gasteiger partial charge in [0, 0.05) is 6.92 Å². The predicted octanol–water partition coefficient (Wildman–Crippen LogP) is 4.78. The summed E-state index contributed by atoms with van der Waals surface area (Å²) in [5.74, 6) is 0.365. The lowest BCUT2D eigenvalue weighted by Crippen LogP contribution is -2.33. The lowest BCUT2D eigenvalue weighted by Gasteiger charge is -2.21. The first-order valence-corrected chi connectivity index (χ1v) is 9.43. The lowest BCUT2D eigenvalue weighted by molar-refractivity contribution is -0.139. The minimum atomic E-state index is -4.48. The number of halogens is 3. The van der Waals surface area contributed by atoms with Crippen LogP contribution in [0, 0.1) is 0 Å². The summed E-state index contributed by atoms with van der Waals surface area (Å²) in [6.07, 6.45) is 0.0914. The Morgan fingerprint density at radius 3 is 2.63 bits per heavy atom. The average Bonchev–Trinajstić information content (AvgIpc) is 3.01. The van der Waals surface area contributed by atoms with Crippen LogP contribution >= 0.6 is 0 Å². The summed E-state index contributed by atoms with van der Waals surface area (Å²) >= 11 is 0. The monoisotopic (exact) mass is 387 g/mol. The van der Waals surface area contributed by atoms with E-state index < -0.39 is 17.3 Å². The maximum Gasteiger partial charge on any atom is 0.419 e. The van der Waals surface area contributed by atoms with E-state index in [1.54, 1.807) is 13.0 Å². The molecule has 1 unspecified atom stereocenters. The molecular weight excluding hydrogens is 359 g/mol. The molecule has 1 atom stereocenters. The van der Waals surface area contributed by atoms with Gasteiger partial charge in [0.25, 0.3) is 0 Å². The molecule has 1 aliphatic heterocycles. The fraction of sp³-hybridized carbons (Fsp3) is 0.650. The molecule has 1 aliphatic rings. The maximum atomic E-state index is 13.4. The molecule has 2 rings (SSSR count). The van der Waals surface area contributed by atoms with Crippen molar-refractivity contribution >= 4 is 5.90 Å². The Morgan fingerprint density at radius 2 is 2.04 bits per heavy atom. The van der Waals surface area contributed by atoms with Crippen LogP contribution in [-0.4, -0.2) is 36.4 Å². The van der Waals surface area contributed by atoms with Crippen molar-refractivity contribution in [3.8, 4) is 5.75 Å². The number of alkyl halides is 3. The van der Waals surface area contributed by atoms with Gasteiger partial charge in [-0.2, -0.15) is 13.2 Å². The van der Waals surface area contributed by atoms with Crippen molar-refractivity contribution in [3.63, 3.8) is 0 Å². The van der Waals surface area contributed by atoms with Crippen molar-refractivity contribution in [2.45, 2.75) is 64.1 Å². The normalized spacial score (nSPS) is 19.7. The van der Waals surface area contributed by atoms with Crippen LogP contribution in [0.25, 0.3) is 0 Å². The molecular formula is C20H28F3NO3. The summed E-state index contributed by atoms with van der Waals surface area (Å²) in [5, 5.41) is 9.61. The SMILES string of the molecule is CCCCCCOc1ccc(CCC2(CO)COC(C)=N2)cc1C(F)(F)F. The highest BCUT2D eigenvalue weighted by molar-refractivity contribution is 5.75. The van der Waals surface area contributed by atoms with E-state index in [1.807, 2.05) is 0 Å². The largest absolute Gasteiger partial charge is 0.493 e. The Morgan fingerprint density at radius 1 is 1.26 bits per heavy atom.